The van der Waals surface area contributed by atoms with Gasteiger partial charge in [-0.3, -0.25) is 9.80 Å². The van der Waals surface area contributed by atoms with Crippen LogP contribution in [0.25, 0.3) is 0 Å². The molecule has 0 saturated carbocycles. The van der Waals surface area contributed by atoms with Crippen molar-refractivity contribution in [1.82, 2.24) is 9.80 Å². The van der Waals surface area contributed by atoms with E-state index >= 15 is 0 Å². The number of hydrogen-bond acceptors (Lipinski definition) is 2. The Kier molecular flexibility index (Phi) is 3.66. The van der Waals surface area contributed by atoms with Gasteiger partial charge >= 0.3 is 0 Å². The van der Waals surface area contributed by atoms with Gasteiger partial charge in [0.05, 0.1) is 6.04 Å². The molecule has 0 N–H and O–H groups in total. The highest BCUT2D eigenvalue weighted by molar-refractivity contribution is 6.30. The molecule has 2 fully saturated rings. The molecule has 3 unspecified atom stereocenters. The first-order valence-corrected chi connectivity index (χ1v) is 7.41. The highest BCUT2D eigenvalue weighted by atomic mass is 35.5. The van der Waals surface area contributed by atoms with Crippen molar-refractivity contribution in [3.05, 3.63) is 47.5 Å². The first-order valence-electron chi connectivity index (χ1n) is 7.03. The second-order valence-electron chi connectivity index (χ2n) is 5.74. The Morgan fingerprint density at radius 2 is 1.79 bits per heavy atom. The molecule has 2 nitrogen and oxygen atoms in total. The van der Waals surface area contributed by atoms with Crippen LogP contribution in [0.4, 0.5) is 0 Å². The Hall–Kier alpha value is -0.830. The van der Waals surface area contributed by atoms with Gasteiger partial charge in [-0.15, -0.1) is 6.58 Å². The van der Waals surface area contributed by atoms with Gasteiger partial charge < -0.3 is 0 Å². The van der Waals surface area contributed by atoms with Gasteiger partial charge in [-0.1, -0.05) is 29.8 Å². The Bertz CT molecular complexity index is 442. The second-order valence-corrected chi connectivity index (χ2v) is 6.17. The number of nitrogens with zero attached hydrogens (tertiary/aromatic N) is 2. The van der Waals surface area contributed by atoms with Crippen LogP contribution >= 0.6 is 11.6 Å². The Labute approximate surface area is 120 Å². The molecule has 102 valence electrons. The number of benzene rings is 1. The third-order valence-corrected chi connectivity index (χ3v) is 4.96. The highest BCUT2D eigenvalue weighted by Gasteiger charge is 2.39. The average molecular weight is 277 g/mol. The number of hydrogen-bond donors (Lipinski definition) is 0. The van der Waals surface area contributed by atoms with Gasteiger partial charge in [0.25, 0.3) is 0 Å². The van der Waals surface area contributed by atoms with Gasteiger partial charge in [-0.05, 0) is 37.6 Å². The summed E-state index contributed by atoms with van der Waals surface area (Å²) in [5.41, 5.74) is 1.29. The zero-order valence-electron chi connectivity index (χ0n) is 11.4. The van der Waals surface area contributed by atoms with E-state index in [1.54, 1.807) is 0 Å². The van der Waals surface area contributed by atoms with Crippen LogP contribution < -0.4 is 0 Å². The first kappa shape index (κ1) is 13.2. The van der Waals surface area contributed by atoms with Crippen molar-refractivity contribution in [2.45, 2.75) is 31.0 Å². The quantitative estimate of drug-likeness (QED) is 0.782. The van der Waals surface area contributed by atoms with E-state index in [-0.39, 0.29) is 0 Å². The average Bonchev–Trinajstić information content (AvgIpc) is 2.65. The molecule has 3 heteroatoms. The van der Waals surface area contributed by atoms with Crippen LogP contribution in [0.5, 0.6) is 0 Å². The molecule has 2 aliphatic rings. The lowest BCUT2D eigenvalue weighted by molar-refractivity contribution is 0.0709. The third-order valence-electron chi connectivity index (χ3n) is 4.70. The summed E-state index contributed by atoms with van der Waals surface area (Å²) in [5.74, 6) is 0. The van der Waals surface area contributed by atoms with E-state index in [1.807, 2.05) is 12.1 Å². The fraction of sp³-hybridized carbons (Fsp3) is 0.500. The molecular formula is C16H21ClN2. The van der Waals surface area contributed by atoms with Gasteiger partial charge in [0.2, 0.25) is 0 Å². The summed E-state index contributed by atoms with van der Waals surface area (Å²) < 4.78 is 0. The molecule has 1 aromatic carbocycles. The van der Waals surface area contributed by atoms with E-state index in [9.17, 15) is 0 Å². The molecule has 1 aromatic rings. The first-order chi connectivity index (χ1) is 9.19. The van der Waals surface area contributed by atoms with Crippen molar-refractivity contribution in [1.29, 1.82) is 0 Å². The maximum absolute atomic E-state index is 5.97. The number of piperazine rings is 1. The lowest BCUT2D eigenvalue weighted by Crippen LogP contribution is -2.52. The molecule has 19 heavy (non-hydrogen) atoms. The molecule has 2 saturated heterocycles. The minimum atomic E-state index is 0.314. The standard InChI is InChI=1S/C16H21ClN2/c1-3-16(12-4-6-13(17)7-5-12)19-10-14-8-9-15(11-19)18(14)2/h3-7,14-16H,1,8-11H2,2H3. The number of likely N-dealkylation sites (tertiary alicyclic amines) is 1. The van der Waals surface area contributed by atoms with E-state index in [0.29, 0.717) is 18.1 Å². The minimum Gasteiger partial charge on any atom is -0.298 e. The fourth-order valence-electron chi connectivity index (χ4n) is 3.53. The Morgan fingerprint density at radius 3 is 2.32 bits per heavy atom. The van der Waals surface area contributed by atoms with Crippen LogP contribution in [0.1, 0.15) is 24.4 Å². The van der Waals surface area contributed by atoms with Gasteiger partial charge in [0, 0.05) is 30.2 Å². The fourth-order valence-corrected chi connectivity index (χ4v) is 3.66. The van der Waals surface area contributed by atoms with E-state index in [1.165, 1.54) is 18.4 Å². The van der Waals surface area contributed by atoms with Crippen molar-refractivity contribution in [3.8, 4) is 0 Å². The van der Waals surface area contributed by atoms with Crippen molar-refractivity contribution < 1.29 is 0 Å². The molecule has 3 atom stereocenters. The van der Waals surface area contributed by atoms with E-state index in [4.69, 9.17) is 11.6 Å². The monoisotopic (exact) mass is 276 g/mol. The zero-order valence-corrected chi connectivity index (χ0v) is 12.2. The number of rotatable bonds is 3. The number of halogens is 1. The molecular weight excluding hydrogens is 256 g/mol. The third kappa shape index (κ3) is 2.45. The van der Waals surface area contributed by atoms with Gasteiger partial charge in [0.1, 0.15) is 0 Å². The Morgan fingerprint density at radius 1 is 1.21 bits per heavy atom. The SMILES string of the molecule is C=CC(c1ccc(Cl)cc1)N1CC2CCC(C1)N2C. The zero-order chi connectivity index (χ0) is 13.4. The van der Waals surface area contributed by atoms with Crippen molar-refractivity contribution in [3.63, 3.8) is 0 Å². The van der Waals surface area contributed by atoms with Crippen LogP contribution in [0.15, 0.2) is 36.9 Å². The summed E-state index contributed by atoms with van der Waals surface area (Å²) in [6.45, 7) is 6.33. The maximum atomic E-state index is 5.97. The van der Waals surface area contributed by atoms with E-state index < -0.39 is 0 Å². The maximum Gasteiger partial charge on any atom is 0.0530 e. The van der Waals surface area contributed by atoms with Crippen molar-refractivity contribution >= 4 is 11.6 Å². The van der Waals surface area contributed by atoms with Crippen LogP contribution in [-0.4, -0.2) is 42.0 Å². The molecule has 0 amide bonds. The summed E-state index contributed by atoms with van der Waals surface area (Å²) in [6, 6.07) is 9.93. The highest BCUT2D eigenvalue weighted by Crippen LogP contribution is 2.33. The molecule has 0 aliphatic carbocycles. The second kappa shape index (κ2) is 5.28. The summed E-state index contributed by atoms with van der Waals surface area (Å²) in [5, 5.41) is 0.796. The largest absolute Gasteiger partial charge is 0.298 e. The summed E-state index contributed by atoms with van der Waals surface area (Å²) in [6.07, 6.45) is 4.73. The smallest absolute Gasteiger partial charge is 0.0530 e. The lowest BCUT2D eigenvalue weighted by atomic mass is 10.0. The number of fused-ring (bicyclic) bond motifs is 2. The van der Waals surface area contributed by atoms with Crippen LogP contribution in [-0.2, 0) is 0 Å². The molecule has 0 radical (unpaired) electrons. The molecule has 2 aliphatic heterocycles. The Balaban J connectivity index is 1.80. The van der Waals surface area contributed by atoms with Gasteiger partial charge in [-0.2, -0.15) is 0 Å². The molecule has 3 rings (SSSR count). The van der Waals surface area contributed by atoms with E-state index in [2.05, 4.69) is 41.6 Å². The normalized spacial score (nSPS) is 29.4. The molecule has 2 bridgehead atoms. The van der Waals surface area contributed by atoms with Gasteiger partial charge in [0.15, 0.2) is 0 Å². The molecule has 0 aromatic heterocycles. The van der Waals surface area contributed by atoms with Crippen LogP contribution in [0.3, 0.4) is 0 Å². The lowest BCUT2D eigenvalue weighted by Gasteiger charge is -2.42. The van der Waals surface area contributed by atoms with Crippen molar-refractivity contribution in [2.75, 3.05) is 20.1 Å². The topological polar surface area (TPSA) is 6.48 Å². The summed E-state index contributed by atoms with van der Waals surface area (Å²) >= 11 is 5.97. The number of likely N-dealkylation sites (N-methyl/N-ethyl adjacent to an activating group) is 1. The van der Waals surface area contributed by atoms with Crippen molar-refractivity contribution in [2.24, 2.45) is 0 Å². The summed E-state index contributed by atoms with van der Waals surface area (Å²) in [7, 11) is 2.27. The molecule has 0 spiro atoms. The van der Waals surface area contributed by atoms with Crippen LogP contribution in [0, 0.1) is 0 Å². The predicted octanol–water partition coefficient (Wildman–Crippen LogP) is 3.35. The van der Waals surface area contributed by atoms with Gasteiger partial charge in [-0.25, -0.2) is 0 Å². The predicted molar refractivity (Wildman–Crippen MR) is 80.5 cm³/mol. The van der Waals surface area contributed by atoms with E-state index in [0.717, 1.165) is 18.1 Å². The summed E-state index contributed by atoms with van der Waals surface area (Å²) in [4.78, 5) is 5.12. The van der Waals surface area contributed by atoms with Crippen LogP contribution in [0.2, 0.25) is 5.02 Å². The molecule has 2 heterocycles. The minimum absolute atomic E-state index is 0.314.